The average Bonchev–Trinajstić information content (AvgIpc) is 2.60. The lowest BCUT2D eigenvalue weighted by Gasteiger charge is -2.59. The average molecular weight is 499 g/mol. The normalized spacial score (nSPS) is 41.5. The van der Waals surface area contributed by atoms with Crippen molar-refractivity contribution in [1.82, 2.24) is 5.32 Å². The van der Waals surface area contributed by atoms with Crippen LogP contribution in [0.15, 0.2) is 11.6 Å². The maximum absolute atomic E-state index is 13.5. The molecule has 4 heteroatoms. The van der Waals surface area contributed by atoms with Crippen molar-refractivity contribution in [3.63, 3.8) is 0 Å². The minimum Gasteiger partial charge on any atom is -0.346 e. The highest BCUT2D eigenvalue weighted by Crippen LogP contribution is 2.64. The van der Waals surface area contributed by atoms with Gasteiger partial charge in [-0.2, -0.15) is 0 Å². The van der Waals surface area contributed by atoms with Crippen molar-refractivity contribution in [2.75, 3.05) is 0 Å². The molecule has 3 aliphatic rings. The quantitative estimate of drug-likeness (QED) is 0.223. The third kappa shape index (κ3) is 3.83. The van der Waals surface area contributed by atoms with Crippen LogP contribution in [0.4, 0.5) is 0 Å². The Labute approximate surface area is 185 Å². The summed E-state index contributed by atoms with van der Waals surface area (Å²) in [5, 5.41) is 3.12. The summed E-state index contributed by atoms with van der Waals surface area (Å²) in [6, 6.07) is -0.361. The van der Waals surface area contributed by atoms with Gasteiger partial charge in [0.1, 0.15) is 6.29 Å². The number of hydrogen-bond acceptors (Lipinski definition) is 2. The van der Waals surface area contributed by atoms with Gasteiger partial charge in [0.15, 0.2) is 0 Å². The number of carbonyl (C=O) groups is 2. The third-order valence-electron chi connectivity index (χ3n) is 8.16. The maximum atomic E-state index is 13.5. The highest BCUT2D eigenvalue weighted by atomic mass is 127. The van der Waals surface area contributed by atoms with E-state index >= 15 is 0 Å². The van der Waals surface area contributed by atoms with Gasteiger partial charge in [0, 0.05) is 3.42 Å². The fraction of sp³-hybridized carbons (Fsp3) is 0.833. The van der Waals surface area contributed by atoms with Crippen molar-refractivity contribution < 1.29 is 9.59 Å². The van der Waals surface area contributed by atoms with Gasteiger partial charge in [-0.1, -0.05) is 68.4 Å². The molecule has 2 fully saturated rings. The number of halogens is 1. The molecule has 158 valence electrons. The summed E-state index contributed by atoms with van der Waals surface area (Å²) in [4.78, 5) is 25.0. The van der Waals surface area contributed by atoms with Crippen LogP contribution in [0.3, 0.4) is 0 Å². The molecule has 1 amide bonds. The van der Waals surface area contributed by atoms with E-state index in [9.17, 15) is 9.59 Å². The van der Waals surface area contributed by atoms with Gasteiger partial charge in [0.05, 0.1) is 11.5 Å². The van der Waals surface area contributed by atoms with E-state index in [1.54, 1.807) is 5.57 Å². The van der Waals surface area contributed by atoms with Crippen molar-refractivity contribution in [2.45, 2.75) is 95.4 Å². The minimum absolute atomic E-state index is 0.105. The van der Waals surface area contributed by atoms with Crippen molar-refractivity contribution in [3.05, 3.63) is 11.6 Å². The highest BCUT2D eigenvalue weighted by Gasteiger charge is 2.58. The molecule has 0 aliphatic heterocycles. The van der Waals surface area contributed by atoms with E-state index in [2.05, 4.69) is 68.6 Å². The molecule has 0 saturated heterocycles. The maximum Gasteiger partial charge on any atom is 0.226 e. The molecule has 2 saturated carbocycles. The van der Waals surface area contributed by atoms with E-state index < -0.39 is 0 Å². The fourth-order valence-electron chi connectivity index (χ4n) is 6.69. The Balaban J connectivity index is 1.87. The van der Waals surface area contributed by atoms with Gasteiger partial charge in [-0.3, -0.25) is 4.79 Å². The smallest absolute Gasteiger partial charge is 0.226 e. The van der Waals surface area contributed by atoms with Gasteiger partial charge < -0.3 is 10.1 Å². The van der Waals surface area contributed by atoms with Gasteiger partial charge in [0.2, 0.25) is 5.91 Å². The number of nitrogens with one attached hydrogen (secondary N) is 1. The van der Waals surface area contributed by atoms with E-state index in [1.807, 2.05) is 0 Å². The summed E-state index contributed by atoms with van der Waals surface area (Å²) in [6.45, 7) is 11.2. The number of carbonyl (C=O) groups excluding carboxylic acids is 2. The summed E-state index contributed by atoms with van der Waals surface area (Å²) in [5.74, 6) is 1.52. The summed E-state index contributed by atoms with van der Waals surface area (Å²) < 4.78 is 0.339. The Bertz CT molecular complexity index is 655. The molecule has 0 bridgehead atoms. The van der Waals surface area contributed by atoms with Crippen LogP contribution in [0.2, 0.25) is 0 Å². The first kappa shape index (κ1) is 22.3. The van der Waals surface area contributed by atoms with Crippen LogP contribution in [0.25, 0.3) is 0 Å². The first-order valence-electron chi connectivity index (χ1n) is 11.2. The van der Waals surface area contributed by atoms with Gasteiger partial charge in [-0.25, -0.2) is 0 Å². The second-order valence-corrected chi connectivity index (χ2v) is 13.2. The lowest BCUT2D eigenvalue weighted by atomic mass is 9.46. The van der Waals surface area contributed by atoms with Crippen molar-refractivity contribution in [2.24, 2.45) is 28.6 Å². The Kier molecular flexibility index (Phi) is 6.40. The molecule has 1 N–H and O–H groups in total. The molecule has 0 aromatic heterocycles. The zero-order chi connectivity index (χ0) is 20.7. The molecule has 0 radical (unpaired) electrons. The first-order chi connectivity index (χ1) is 13.0. The monoisotopic (exact) mass is 499 g/mol. The molecular weight excluding hydrogens is 461 g/mol. The third-order valence-corrected chi connectivity index (χ3v) is 9.45. The second-order valence-electron chi connectivity index (χ2n) is 10.7. The number of rotatable bonds is 5. The summed E-state index contributed by atoms with van der Waals surface area (Å²) in [5.41, 5.74) is 1.38. The topological polar surface area (TPSA) is 46.2 Å². The van der Waals surface area contributed by atoms with E-state index in [1.165, 1.54) is 19.3 Å². The number of allylic oxidation sites excluding steroid dienone is 2. The molecule has 3 aliphatic carbocycles. The molecule has 28 heavy (non-hydrogen) atoms. The van der Waals surface area contributed by atoms with Crippen molar-refractivity contribution >= 4 is 34.8 Å². The van der Waals surface area contributed by atoms with Gasteiger partial charge in [-0.05, 0) is 75.0 Å². The van der Waals surface area contributed by atoms with E-state index in [0.29, 0.717) is 27.6 Å². The van der Waals surface area contributed by atoms with E-state index in [0.717, 1.165) is 32.0 Å². The van der Waals surface area contributed by atoms with Gasteiger partial charge in [-0.15, -0.1) is 0 Å². The number of amides is 1. The largest absolute Gasteiger partial charge is 0.346 e. The van der Waals surface area contributed by atoms with E-state index in [4.69, 9.17) is 0 Å². The molecule has 0 spiro atoms. The van der Waals surface area contributed by atoms with Gasteiger partial charge >= 0.3 is 0 Å². The minimum atomic E-state index is -0.379. The van der Waals surface area contributed by atoms with Crippen LogP contribution in [-0.4, -0.2) is 21.7 Å². The molecule has 3 nitrogen and oxygen atoms in total. The van der Waals surface area contributed by atoms with Crippen LogP contribution >= 0.6 is 22.6 Å². The predicted molar refractivity (Wildman–Crippen MR) is 123 cm³/mol. The van der Waals surface area contributed by atoms with Gasteiger partial charge in [0.25, 0.3) is 0 Å². The SMILES string of the molecule is CC(C)C[C@@H](C=O)NC(=O)[C@]1(C)CCC[C@@]2(C)C3=CCC[C@](C)(I)C3CCC12. The molecule has 2 unspecified atom stereocenters. The highest BCUT2D eigenvalue weighted by molar-refractivity contribution is 14.1. The Morgan fingerprint density at radius 3 is 2.61 bits per heavy atom. The van der Waals surface area contributed by atoms with Crippen molar-refractivity contribution in [1.29, 1.82) is 0 Å². The van der Waals surface area contributed by atoms with Crippen LogP contribution in [-0.2, 0) is 9.59 Å². The number of alkyl halides is 1. The van der Waals surface area contributed by atoms with Crippen LogP contribution in [0.1, 0.15) is 86.0 Å². The second kappa shape index (κ2) is 8.03. The summed E-state index contributed by atoms with van der Waals surface area (Å²) in [7, 11) is 0. The summed E-state index contributed by atoms with van der Waals surface area (Å²) in [6.07, 6.45) is 12.1. The Morgan fingerprint density at radius 1 is 1.25 bits per heavy atom. The Hall–Kier alpha value is -0.390. The molecule has 0 heterocycles. The first-order valence-corrected chi connectivity index (χ1v) is 12.3. The number of hydrogen-bond donors (Lipinski definition) is 1. The zero-order valence-corrected chi connectivity index (χ0v) is 20.5. The summed E-state index contributed by atoms with van der Waals surface area (Å²) >= 11 is 2.69. The van der Waals surface area contributed by atoms with E-state index in [-0.39, 0.29) is 22.8 Å². The fourth-order valence-corrected chi connectivity index (χ4v) is 7.65. The standard InChI is InChI=1S/C24H38INO2/c1-16(2)14-17(15-27)26-21(28)23(4)12-7-11-22(3)18-8-6-13-24(5,25)19(18)9-10-20(22)23/h8,15-17,19-20H,6-7,9-14H2,1-5H3,(H,26,28)/t17-,19?,20?,22-,23+,24-/m0/s1. The van der Waals surface area contributed by atoms with Crippen molar-refractivity contribution in [3.8, 4) is 0 Å². The van der Waals surface area contributed by atoms with Crippen LogP contribution < -0.4 is 5.32 Å². The molecule has 0 aromatic carbocycles. The number of fused-ring (bicyclic) bond motifs is 3. The molecule has 3 rings (SSSR count). The lowest BCUT2D eigenvalue weighted by molar-refractivity contribution is -0.143. The zero-order valence-electron chi connectivity index (χ0n) is 18.3. The Morgan fingerprint density at radius 2 is 1.96 bits per heavy atom. The van der Waals surface area contributed by atoms with Crippen LogP contribution in [0.5, 0.6) is 0 Å². The van der Waals surface area contributed by atoms with Crippen LogP contribution in [0, 0.1) is 28.6 Å². The molecular formula is C24H38INO2. The molecule has 0 aromatic rings. The molecule has 6 atom stereocenters. The lowest BCUT2D eigenvalue weighted by Crippen LogP contribution is -2.58. The predicted octanol–water partition coefficient (Wildman–Crippen LogP) is 5.85. The number of aldehydes is 1.